The van der Waals surface area contributed by atoms with Crippen molar-refractivity contribution in [2.24, 2.45) is 5.92 Å². The van der Waals surface area contributed by atoms with Crippen molar-refractivity contribution in [3.63, 3.8) is 0 Å². The van der Waals surface area contributed by atoms with Gasteiger partial charge in [-0.2, -0.15) is 0 Å². The van der Waals surface area contributed by atoms with Gasteiger partial charge in [-0.15, -0.1) is 0 Å². The van der Waals surface area contributed by atoms with Crippen LogP contribution in [-0.2, 0) is 16.0 Å². The number of phenolic OH excluding ortho intramolecular Hbond substituents is 3. The number of esters is 1. The lowest BCUT2D eigenvalue weighted by atomic mass is 10.0. The van der Waals surface area contributed by atoms with Crippen molar-refractivity contribution in [3.05, 3.63) is 17.7 Å². The van der Waals surface area contributed by atoms with Crippen LogP contribution in [0.3, 0.4) is 0 Å². The van der Waals surface area contributed by atoms with Gasteiger partial charge in [0.05, 0.1) is 6.61 Å². The molecule has 0 fully saturated rings. The van der Waals surface area contributed by atoms with Crippen molar-refractivity contribution in [1.29, 1.82) is 0 Å². The van der Waals surface area contributed by atoms with Gasteiger partial charge in [0.15, 0.2) is 17.2 Å². The molecule has 0 aromatic heterocycles. The van der Waals surface area contributed by atoms with Gasteiger partial charge in [-0.05, 0) is 36.5 Å². The number of aromatic hydroxyl groups is 3. The van der Waals surface area contributed by atoms with Gasteiger partial charge >= 0.3 is 5.97 Å². The molecular weight excluding hydrogens is 284 g/mol. The number of carbonyl (C=O) groups excluding carboxylic acids is 1. The van der Waals surface area contributed by atoms with E-state index >= 15 is 0 Å². The molecule has 0 heterocycles. The third-order valence-electron chi connectivity index (χ3n) is 3.77. The predicted molar refractivity (Wildman–Crippen MR) is 84.0 cm³/mol. The summed E-state index contributed by atoms with van der Waals surface area (Å²) in [4.78, 5) is 11.8. The number of hydrogen-bond donors (Lipinski definition) is 3. The quantitative estimate of drug-likeness (QED) is 0.480. The molecule has 3 N–H and O–H groups in total. The van der Waals surface area contributed by atoms with Gasteiger partial charge in [-0.1, -0.05) is 33.1 Å². The molecule has 0 aliphatic carbocycles. The van der Waals surface area contributed by atoms with Crippen LogP contribution in [0.2, 0.25) is 0 Å². The molecule has 0 radical (unpaired) electrons. The Balaban J connectivity index is 2.40. The first kappa shape index (κ1) is 18.1. The van der Waals surface area contributed by atoms with Gasteiger partial charge < -0.3 is 20.1 Å². The fraction of sp³-hybridized carbons (Fsp3) is 0.588. The summed E-state index contributed by atoms with van der Waals surface area (Å²) >= 11 is 0. The summed E-state index contributed by atoms with van der Waals surface area (Å²) in [7, 11) is 0. The molecule has 1 unspecified atom stereocenters. The minimum atomic E-state index is -0.548. The first-order valence-corrected chi connectivity index (χ1v) is 7.87. The Kier molecular flexibility index (Phi) is 7.57. The number of hydrogen-bond acceptors (Lipinski definition) is 5. The summed E-state index contributed by atoms with van der Waals surface area (Å²) in [6.45, 7) is 4.68. The first-order valence-electron chi connectivity index (χ1n) is 7.87. The van der Waals surface area contributed by atoms with E-state index in [0.29, 0.717) is 24.5 Å². The van der Waals surface area contributed by atoms with E-state index in [1.807, 2.05) is 0 Å². The topological polar surface area (TPSA) is 87.0 Å². The zero-order valence-corrected chi connectivity index (χ0v) is 13.3. The molecule has 5 heteroatoms. The van der Waals surface area contributed by atoms with Gasteiger partial charge in [-0.25, -0.2) is 0 Å². The Morgan fingerprint density at radius 1 is 1.18 bits per heavy atom. The van der Waals surface area contributed by atoms with E-state index in [0.717, 1.165) is 25.7 Å². The molecule has 5 nitrogen and oxygen atoms in total. The maximum atomic E-state index is 11.8. The molecule has 0 aliphatic rings. The lowest BCUT2D eigenvalue weighted by Crippen LogP contribution is -2.14. The van der Waals surface area contributed by atoms with Crippen LogP contribution in [0.4, 0.5) is 0 Å². The molecule has 0 saturated heterocycles. The van der Waals surface area contributed by atoms with Crippen LogP contribution in [0.25, 0.3) is 0 Å². The van der Waals surface area contributed by atoms with Gasteiger partial charge in [-0.3, -0.25) is 4.79 Å². The molecule has 124 valence electrons. The fourth-order valence-corrected chi connectivity index (χ4v) is 2.23. The molecule has 1 rings (SSSR count). The number of ether oxygens (including phenoxy) is 1. The van der Waals surface area contributed by atoms with Crippen LogP contribution in [0.1, 0.15) is 51.5 Å². The largest absolute Gasteiger partial charge is 0.504 e. The highest BCUT2D eigenvalue weighted by Gasteiger charge is 2.12. The van der Waals surface area contributed by atoms with Gasteiger partial charge in [0, 0.05) is 6.42 Å². The maximum Gasteiger partial charge on any atom is 0.306 e. The number of carbonyl (C=O) groups is 1. The third-order valence-corrected chi connectivity index (χ3v) is 3.77. The SMILES string of the molecule is CCCCC(CC)COC(=O)CCc1cc(O)c(O)c(O)c1. The molecule has 0 saturated carbocycles. The molecule has 1 atom stereocenters. The summed E-state index contributed by atoms with van der Waals surface area (Å²) in [5.74, 6) is -1.22. The van der Waals surface area contributed by atoms with Crippen molar-refractivity contribution in [2.45, 2.75) is 52.4 Å². The lowest BCUT2D eigenvalue weighted by molar-refractivity contribution is -0.145. The van der Waals surface area contributed by atoms with Gasteiger partial charge in [0.2, 0.25) is 0 Å². The van der Waals surface area contributed by atoms with Crippen molar-refractivity contribution in [1.82, 2.24) is 0 Å². The third kappa shape index (κ3) is 5.84. The Labute approximate surface area is 131 Å². The zero-order valence-electron chi connectivity index (χ0n) is 13.3. The summed E-state index contributed by atoms with van der Waals surface area (Å²) < 4.78 is 5.28. The fourth-order valence-electron chi connectivity index (χ4n) is 2.23. The minimum absolute atomic E-state index is 0.174. The molecule has 0 spiro atoms. The molecule has 0 bridgehead atoms. The predicted octanol–water partition coefficient (Wildman–Crippen LogP) is 3.50. The standard InChI is InChI=1S/C17H26O5/c1-3-5-6-12(4-2)11-22-16(20)8-7-13-9-14(18)17(21)15(19)10-13/h9-10,12,18-19,21H,3-8,11H2,1-2H3. The summed E-state index contributed by atoms with van der Waals surface area (Å²) in [6, 6.07) is 2.66. The second kappa shape index (κ2) is 9.18. The molecule has 0 aliphatic heterocycles. The van der Waals surface area contributed by atoms with E-state index in [1.165, 1.54) is 12.1 Å². The maximum absolute atomic E-state index is 11.8. The number of phenols is 3. The van der Waals surface area contributed by atoms with E-state index in [-0.39, 0.29) is 12.4 Å². The Morgan fingerprint density at radius 2 is 1.82 bits per heavy atom. The summed E-state index contributed by atoms with van der Waals surface area (Å²) in [5.41, 5.74) is 0.572. The van der Waals surface area contributed by atoms with Crippen LogP contribution in [-0.4, -0.2) is 27.9 Å². The highest BCUT2D eigenvalue weighted by atomic mass is 16.5. The van der Waals surface area contributed by atoms with Crippen molar-refractivity contribution in [3.8, 4) is 17.2 Å². The summed E-state index contributed by atoms with van der Waals surface area (Å²) in [6.07, 6.45) is 4.85. The Morgan fingerprint density at radius 3 is 2.36 bits per heavy atom. The van der Waals surface area contributed by atoms with E-state index in [9.17, 15) is 20.1 Å². The highest BCUT2D eigenvalue weighted by molar-refractivity contribution is 5.69. The zero-order chi connectivity index (χ0) is 16.5. The number of aryl methyl sites for hydroxylation is 1. The van der Waals surface area contributed by atoms with E-state index in [4.69, 9.17) is 4.74 Å². The number of rotatable bonds is 9. The average molecular weight is 310 g/mol. The van der Waals surface area contributed by atoms with E-state index < -0.39 is 17.2 Å². The molecule has 0 amide bonds. The normalized spacial score (nSPS) is 12.1. The van der Waals surface area contributed by atoms with Crippen LogP contribution in [0.5, 0.6) is 17.2 Å². The number of unbranched alkanes of at least 4 members (excludes halogenated alkanes) is 1. The smallest absolute Gasteiger partial charge is 0.306 e. The average Bonchev–Trinajstić information content (AvgIpc) is 2.50. The van der Waals surface area contributed by atoms with Crippen molar-refractivity contribution in [2.75, 3.05) is 6.61 Å². The molecular formula is C17H26O5. The second-order valence-electron chi connectivity index (χ2n) is 5.58. The number of benzene rings is 1. The monoisotopic (exact) mass is 310 g/mol. The van der Waals surface area contributed by atoms with Crippen LogP contribution >= 0.6 is 0 Å². The molecule has 1 aromatic carbocycles. The summed E-state index contributed by atoms with van der Waals surface area (Å²) in [5, 5.41) is 28.1. The first-order chi connectivity index (χ1) is 10.5. The highest BCUT2D eigenvalue weighted by Crippen LogP contribution is 2.35. The molecule has 1 aromatic rings. The van der Waals surface area contributed by atoms with Gasteiger partial charge in [0.1, 0.15) is 0 Å². The van der Waals surface area contributed by atoms with Crippen LogP contribution < -0.4 is 0 Å². The van der Waals surface area contributed by atoms with Crippen LogP contribution in [0.15, 0.2) is 12.1 Å². The lowest BCUT2D eigenvalue weighted by Gasteiger charge is -2.14. The molecule has 22 heavy (non-hydrogen) atoms. The van der Waals surface area contributed by atoms with E-state index in [2.05, 4.69) is 13.8 Å². The Bertz CT molecular complexity index is 461. The van der Waals surface area contributed by atoms with Crippen molar-refractivity contribution >= 4 is 5.97 Å². The Hall–Kier alpha value is -1.91. The minimum Gasteiger partial charge on any atom is -0.504 e. The van der Waals surface area contributed by atoms with E-state index in [1.54, 1.807) is 0 Å². The van der Waals surface area contributed by atoms with Gasteiger partial charge in [0.25, 0.3) is 0 Å². The second-order valence-corrected chi connectivity index (χ2v) is 5.58. The van der Waals surface area contributed by atoms with Crippen molar-refractivity contribution < 1.29 is 24.9 Å². The van der Waals surface area contributed by atoms with Crippen LogP contribution in [0, 0.1) is 5.92 Å².